The average molecular weight is 629 g/mol. The number of fused-ring (bicyclic) bond motifs is 2. The second-order valence-corrected chi connectivity index (χ2v) is 12.4. The van der Waals surface area contributed by atoms with Crippen LogP contribution in [0.3, 0.4) is 0 Å². The third-order valence-corrected chi connectivity index (χ3v) is 9.55. The first kappa shape index (κ1) is 28.7. The van der Waals surface area contributed by atoms with E-state index in [1.165, 1.54) is 33.4 Å². The molecule has 0 N–H and O–H groups in total. The van der Waals surface area contributed by atoms with Gasteiger partial charge in [0.05, 0.1) is 22.4 Å². The van der Waals surface area contributed by atoms with Crippen molar-refractivity contribution >= 4 is 51.2 Å². The van der Waals surface area contributed by atoms with Gasteiger partial charge in [-0.2, -0.15) is 0 Å². The van der Waals surface area contributed by atoms with Crippen LogP contribution in [0.25, 0.3) is 22.5 Å². The fourth-order valence-corrected chi connectivity index (χ4v) is 7.37. The molecule has 8 heteroatoms. The van der Waals surface area contributed by atoms with Gasteiger partial charge in [-0.15, -0.1) is 11.3 Å². The standard InChI is InChI=1S/C37H28N2O4S2/c1-2-42-36(41)32-33(26-11-4-3-5-12-26)38-37-39(34(32)30-16-9-21-44-30)35(40)31(45-37)22-24-17-19-28(20-18-24)43-23-27-14-8-13-25-10-6-7-15-29(25)27/h3-22,34H,2,23H2,1H3/t34-/m1/s1. The fraction of sp³-hybridized carbons (Fsp3) is 0.108. The highest BCUT2D eigenvalue weighted by Crippen LogP contribution is 2.36. The minimum absolute atomic E-state index is 0.206. The molecule has 1 atom stereocenters. The van der Waals surface area contributed by atoms with E-state index in [1.807, 2.05) is 96.4 Å². The van der Waals surface area contributed by atoms with Crippen molar-refractivity contribution in [3.8, 4) is 5.75 Å². The normalized spacial score (nSPS) is 14.7. The number of carbonyl (C=O) groups excluding carboxylic acids is 1. The van der Waals surface area contributed by atoms with Crippen molar-refractivity contribution < 1.29 is 14.3 Å². The predicted molar refractivity (Wildman–Crippen MR) is 180 cm³/mol. The highest BCUT2D eigenvalue weighted by Gasteiger charge is 2.35. The molecule has 6 aromatic rings. The lowest BCUT2D eigenvalue weighted by atomic mass is 9.97. The molecule has 6 nitrogen and oxygen atoms in total. The van der Waals surface area contributed by atoms with E-state index < -0.39 is 12.0 Å². The number of hydrogen-bond acceptors (Lipinski definition) is 7. The Kier molecular flexibility index (Phi) is 7.98. The summed E-state index contributed by atoms with van der Waals surface area (Å²) in [5.41, 5.74) is 3.44. The fourth-order valence-electron chi connectivity index (χ4n) is 5.55. The van der Waals surface area contributed by atoms with Gasteiger partial charge in [-0.25, -0.2) is 9.79 Å². The summed E-state index contributed by atoms with van der Waals surface area (Å²) in [6.45, 7) is 2.44. The Balaban J connectivity index is 1.25. The Labute approximate surface area is 267 Å². The quantitative estimate of drug-likeness (QED) is 0.175. The molecule has 1 aliphatic heterocycles. The maximum Gasteiger partial charge on any atom is 0.338 e. The number of ether oxygens (including phenoxy) is 2. The van der Waals surface area contributed by atoms with Crippen LogP contribution in [-0.4, -0.2) is 17.1 Å². The van der Waals surface area contributed by atoms with E-state index in [1.54, 1.807) is 11.5 Å². The van der Waals surface area contributed by atoms with Gasteiger partial charge >= 0.3 is 5.97 Å². The molecule has 0 aliphatic carbocycles. The third-order valence-electron chi connectivity index (χ3n) is 7.64. The van der Waals surface area contributed by atoms with E-state index in [4.69, 9.17) is 14.5 Å². The van der Waals surface area contributed by atoms with Crippen LogP contribution in [0.15, 0.2) is 130 Å². The van der Waals surface area contributed by atoms with E-state index in [0.29, 0.717) is 27.2 Å². The largest absolute Gasteiger partial charge is 0.489 e. The summed E-state index contributed by atoms with van der Waals surface area (Å²) < 4.78 is 13.8. The highest BCUT2D eigenvalue weighted by atomic mass is 32.1. The first-order valence-corrected chi connectivity index (χ1v) is 16.3. The van der Waals surface area contributed by atoms with E-state index in [0.717, 1.165) is 27.3 Å². The summed E-state index contributed by atoms with van der Waals surface area (Å²) in [5.74, 6) is 0.262. The summed E-state index contributed by atoms with van der Waals surface area (Å²) in [5, 5.41) is 4.30. The molecule has 0 saturated carbocycles. The van der Waals surface area contributed by atoms with Gasteiger partial charge in [-0.05, 0) is 58.5 Å². The number of benzene rings is 4. The van der Waals surface area contributed by atoms with Gasteiger partial charge in [0.15, 0.2) is 4.80 Å². The monoisotopic (exact) mass is 628 g/mol. The van der Waals surface area contributed by atoms with E-state index in [2.05, 4.69) is 24.3 Å². The minimum Gasteiger partial charge on any atom is -0.489 e. The van der Waals surface area contributed by atoms with Crippen LogP contribution in [0, 0.1) is 0 Å². The van der Waals surface area contributed by atoms with Gasteiger partial charge in [0.2, 0.25) is 0 Å². The topological polar surface area (TPSA) is 69.9 Å². The van der Waals surface area contributed by atoms with Crippen LogP contribution in [0.2, 0.25) is 0 Å². The van der Waals surface area contributed by atoms with Gasteiger partial charge in [-0.1, -0.05) is 102 Å². The minimum atomic E-state index is -0.650. The summed E-state index contributed by atoms with van der Waals surface area (Å²) in [6, 6.07) is 35.0. The molecular weight excluding hydrogens is 601 g/mol. The Bertz CT molecular complexity index is 2210. The van der Waals surface area contributed by atoms with Crippen LogP contribution in [0.5, 0.6) is 5.75 Å². The first-order valence-electron chi connectivity index (χ1n) is 14.6. The Hall–Kier alpha value is -5.05. The molecule has 4 aromatic carbocycles. The molecular formula is C37H28N2O4S2. The number of thiophene rings is 1. The molecule has 1 aliphatic rings. The van der Waals surface area contributed by atoms with Crippen LogP contribution in [0.1, 0.15) is 34.5 Å². The maximum absolute atomic E-state index is 14.0. The molecule has 0 spiro atoms. The Morgan fingerprint density at radius 1 is 0.911 bits per heavy atom. The zero-order chi connectivity index (χ0) is 30.8. The second kappa shape index (κ2) is 12.5. The van der Waals surface area contributed by atoms with Crippen LogP contribution >= 0.6 is 22.7 Å². The number of thiazole rings is 1. The van der Waals surface area contributed by atoms with E-state index in [9.17, 15) is 9.59 Å². The first-order chi connectivity index (χ1) is 22.1. The average Bonchev–Trinajstić information content (AvgIpc) is 3.72. The molecule has 7 rings (SSSR count). The number of esters is 1. The van der Waals surface area contributed by atoms with E-state index >= 15 is 0 Å². The van der Waals surface area contributed by atoms with Gasteiger partial charge in [0.1, 0.15) is 18.4 Å². The molecule has 45 heavy (non-hydrogen) atoms. The third kappa shape index (κ3) is 5.66. The smallest absolute Gasteiger partial charge is 0.338 e. The zero-order valence-electron chi connectivity index (χ0n) is 24.4. The van der Waals surface area contributed by atoms with Crippen molar-refractivity contribution in [1.82, 2.24) is 4.57 Å². The van der Waals surface area contributed by atoms with Crippen LogP contribution in [-0.2, 0) is 16.1 Å². The molecule has 0 fully saturated rings. The molecule has 0 amide bonds. The van der Waals surface area contributed by atoms with E-state index in [-0.39, 0.29) is 12.2 Å². The number of rotatable bonds is 8. The van der Waals surface area contributed by atoms with Gasteiger partial charge in [0.25, 0.3) is 5.56 Å². The van der Waals surface area contributed by atoms with Crippen molar-refractivity contribution in [1.29, 1.82) is 0 Å². The SMILES string of the molecule is CCOC(=O)C1=C(c2ccccc2)N=c2sc(=Cc3ccc(OCc4cccc5ccccc45)cc3)c(=O)n2[C@@H]1c1cccs1. The summed E-state index contributed by atoms with van der Waals surface area (Å²) in [7, 11) is 0. The molecule has 222 valence electrons. The predicted octanol–water partition coefficient (Wildman–Crippen LogP) is 6.73. The van der Waals surface area contributed by atoms with Crippen molar-refractivity contribution in [2.75, 3.05) is 6.61 Å². The summed E-state index contributed by atoms with van der Waals surface area (Å²) in [4.78, 5) is 33.8. The second-order valence-electron chi connectivity index (χ2n) is 10.4. The highest BCUT2D eigenvalue weighted by molar-refractivity contribution is 7.10. The van der Waals surface area contributed by atoms with Gasteiger partial charge in [-0.3, -0.25) is 9.36 Å². The molecule has 0 bridgehead atoms. The Morgan fingerprint density at radius 3 is 2.47 bits per heavy atom. The Morgan fingerprint density at radius 2 is 1.69 bits per heavy atom. The van der Waals surface area contributed by atoms with Crippen LogP contribution in [0.4, 0.5) is 0 Å². The summed E-state index contributed by atoms with van der Waals surface area (Å²) in [6.07, 6.45) is 1.86. The molecule has 0 radical (unpaired) electrons. The van der Waals surface area contributed by atoms with Crippen molar-refractivity contribution in [3.05, 3.63) is 161 Å². The summed E-state index contributed by atoms with van der Waals surface area (Å²) >= 11 is 2.81. The van der Waals surface area contributed by atoms with Crippen molar-refractivity contribution in [2.45, 2.75) is 19.6 Å². The lowest BCUT2D eigenvalue weighted by Gasteiger charge is -2.24. The zero-order valence-corrected chi connectivity index (χ0v) is 26.0. The van der Waals surface area contributed by atoms with Crippen molar-refractivity contribution in [2.24, 2.45) is 4.99 Å². The van der Waals surface area contributed by atoms with Gasteiger partial charge < -0.3 is 9.47 Å². The molecule has 3 heterocycles. The number of aromatic nitrogens is 1. The number of nitrogens with zero attached hydrogens (tertiary/aromatic N) is 2. The molecule has 2 aromatic heterocycles. The van der Waals surface area contributed by atoms with Crippen molar-refractivity contribution in [3.63, 3.8) is 0 Å². The lowest BCUT2D eigenvalue weighted by Crippen LogP contribution is -2.39. The molecule has 0 saturated heterocycles. The molecule has 0 unspecified atom stereocenters. The number of hydrogen-bond donors (Lipinski definition) is 0. The number of carbonyl (C=O) groups is 1. The van der Waals surface area contributed by atoms with Crippen LogP contribution < -0.4 is 19.6 Å². The lowest BCUT2D eigenvalue weighted by molar-refractivity contribution is -0.138. The maximum atomic E-state index is 14.0. The van der Waals surface area contributed by atoms with Gasteiger partial charge in [0, 0.05) is 10.4 Å².